The molecule has 2 aliphatic heterocycles. The summed E-state index contributed by atoms with van der Waals surface area (Å²) in [5.74, 6) is 1.06. The van der Waals surface area contributed by atoms with Crippen LogP contribution < -0.4 is 15.2 Å². The van der Waals surface area contributed by atoms with Crippen molar-refractivity contribution in [1.29, 1.82) is 0 Å². The number of hydrogen-bond donors (Lipinski definition) is 1. The van der Waals surface area contributed by atoms with Gasteiger partial charge in [0.25, 0.3) is 0 Å². The molecule has 2 N–H and O–H groups in total. The van der Waals surface area contributed by atoms with Crippen molar-refractivity contribution in [3.05, 3.63) is 18.2 Å². The van der Waals surface area contributed by atoms with Gasteiger partial charge in [-0.05, 0) is 25.5 Å². The second-order valence-electron chi connectivity index (χ2n) is 5.11. The number of sulfonamides is 1. The summed E-state index contributed by atoms with van der Waals surface area (Å²) in [5.41, 5.74) is 5.90. The Morgan fingerprint density at radius 3 is 2.60 bits per heavy atom. The average Bonchev–Trinajstić information content (AvgIpc) is 2.79. The van der Waals surface area contributed by atoms with Gasteiger partial charge in [-0.25, -0.2) is 8.42 Å². The van der Waals surface area contributed by atoms with E-state index in [1.165, 1.54) is 10.4 Å². The molecule has 0 radical (unpaired) electrons. The topological polar surface area (TPSA) is 81.9 Å². The van der Waals surface area contributed by atoms with Crippen LogP contribution in [-0.2, 0) is 10.0 Å². The van der Waals surface area contributed by atoms with Crippen molar-refractivity contribution in [3.63, 3.8) is 0 Å². The summed E-state index contributed by atoms with van der Waals surface area (Å²) in [5, 5.41) is 0. The fourth-order valence-electron chi connectivity index (χ4n) is 2.59. The standard InChI is InChI=1S/C13H18N2O4S/c1-9-11(14)4-5-15(9)20(16,17)10-2-3-12-13(8-10)19-7-6-18-12/h2-3,8-9,11H,4-7,14H2,1H3. The quantitative estimate of drug-likeness (QED) is 0.863. The summed E-state index contributed by atoms with van der Waals surface area (Å²) in [6.45, 7) is 3.21. The largest absolute Gasteiger partial charge is 0.486 e. The number of nitrogens with zero attached hydrogens (tertiary/aromatic N) is 1. The lowest BCUT2D eigenvalue weighted by atomic mass is 10.2. The summed E-state index contributed by atoms with van der Waals surface area (Å²) in [6, 6.07) is 4.43. The molecule has 2 atom stereocenters. The molecule has 6 nitrogen and oxygen atoms in total. The maximum atomic E-state index is 12.7. The van der Waals surface area contributed by atoms with Crippen molar-refractivity contribution in [2.45, 2.75) is 30.3 Å². The van der Waals surface area contributed by atoms with Crippen molar-refractivity contribution in [2.24, 2.45) is 5.73 Å². The van der Waals surface area contributed by atoms with E-state index >= 15 is 0 Å². The third-order valence-corrected chi connectivity index (χ3v) is 5.86. The van der Waals surface area contributed by atoms with E-state index in [1.54, 1.807) is 12.1 Å². The van der Waals surface area contributed by atoms with Crippen LogP contribution in [0.4, 0.5) is 0 Å². The number of hydrogen-bond acceptors (Lipinski definition) is 5. The molecule has 20 heavy (non-hydrogen) atoms. The number of nitrogens with two attached hydrogens (primary N) is 1. The zero-order chi connectivity index (χ0) is 14.3. The first-order valence-corrected chi connectivity index (χ1v) is 8.11. The van der Waals surface area contributed by atoms with Crippen LogP contribution >= 0.6 is 0 Å². The van der Waals surface area contributed by atoms with E-state index in [9.17, 15) is 8.42 Å². The van der Waals surface area contributed by atoms with Gasteiger partial charge in [-0.1, -0.05) is 0 Å². The molecule has 1 aromatic rings. The van der Waals surface area contributed by atoms with E-state index in [1.807, 2.05) is 6.92 Å². The van der Waals surface area contributed by atoms with Crippen molar-refractivity contribution in [1.82, 2.24) is 4.31 Å². The molecule has 0 aromatic heterocycles. The Morgan fingerprint density at radius 1 is 1.25 bits per heavy atom. The molecule has 2 heterocycles. The summed E-state index contributed by atoms with van der Waals surface area (Å²) < 4.78 is 37.6. The first-order chi connectivity index (χ1) is 9.50. The van der Waals surface area contributed by atoms with Crippen LogP contribution in [-0.4, -0.2) is 44.6 Å². The molecule has 0 amide bonds. The predicted molar refractivity (Wildman–Crippen MR) is 73.4 cm³/mol. The van der Waals surface area contributed by atoms with Gasteiger partial charge in [-0.15, -0.1) is 0 Å². The van der Waals surface area contributed by atoms with Gasteiger partial charge in [-0.3, -0.25) is 0 Å². The summed E-state index contributed by atoms with van der Waals surface area (Å²) in [6.07, 6.45) is 0.685. The van der Waals surface area contributed by atoms with E-state index in [0.29, 0.717) is 37.7 Å². The summed E-state index contributed by atoms with van der Waals surface area (Å²) in [7, 11) is -3.54. The fourth-order valence-corrected chi connectivity index (χ4v) is 4.30. The molecule has 3 rings (SSSR count). The molecule has 1 fully saturated rings. The third-order valence-electron chi connectivity index (χ3n) is 3.88. The van der Waals surface area contributed by atoms with Gasteiger partial charge in [0.05, 0.1) is 4.90 Å². The lowest BCUT2D eigenvalue weighted by Crippen LogP contribution is -2.40. The molecule has 0 aliphatic carbocycles. The highest BCUT2D eigenvalue weighted by atomic mass is 32.2. The maximum absolute atomic E-state index is 12.7. The molecule has 0 spiro atoms. The van der Waals surface area contributed by atoms with Gasteiger partial charge in [0.15, 0.2) is 11.5 Å². The zero-order valence-electron chi connectivity index (χ0n) is 11.3. The smallest absolute Gasteiger partial charge is 0.243 e. The van der Waals surface area contributed by atoms with E-state index in [2.05, 4.69) is 0 Å². The second-order valence-corrected chi connectivity index (χ2v) is 7.00. The first kappa shape index (κ1) is 13.7. The molecular weight excluding hydrogens is 280 g/mol. The molecule has 0 bridgehead atoms. The molecule has 2 unspecified atom stereocenters. The van der Waals surface area contributed by atoms with Gasteiger partial charge in [0, 0.05) is 24.7 Å². The minimum absolute atomic E-state index is 0.109. The number of benzene rings is 1. The lowest BCUT2D eigenvalue weighted by molar-refractivity contribution is 0.171. The minimum Gasteiger partial charge on any atom is -0.486 e. The first-order valence-electron chi connectivity index (χ1n) is 6.67. The molecule has 0 saturated carbocycles. The highest BCUT2D eigenvalue weighted by Gasteiger charge is 2.37. The Balaban J connectivity index is 1.95. The van der Waals surface area contributed by atoms with Crippen LogP contribution in [0.25, 0.3) is 0 Å². The molecule has 1 saturated heterocycles. The lowest BCUT2D eigenvalue weighted by Gasteiger charge is -2.24. The van der Waals surface area contributed by atoms with E-state index in [4.69, 9.17) is 15.2 Å². The summed E-state index contributed by atoms with van der Waals surface area (Å²) >= 11 is 0. The van der Waals surface area contributed by atoms with Crippen LogP contribution in [0.5, 0.6) is 11.5 Å². The Kier molecular flexibility index (Phi) is 3.35. The second kappa shape index (κ2) is 4.91. The minimum atomic E-state index is -3.54. The highest BCUT2D eigenvalue weighted by Crippen LogP contribution is 2.34. The van der Waals surface area contributed by atoms with Crippen LogP contribution in [0.3, 0.4) is 0 Å². The number of rotatable bonds is 2. The van der Waals surface area contributed by atoms with Gasteiger partial charge < -0.3 is 15.2 Å². The van der Waals surface area contributed by atoms with E-state index in [-0.39, 0.29) is 17.0 Å². The van der Waals surface area contributed by atoms with Crippen molar-refractivity contribution in [3.8, 4) is 11.5 Å². The summed E-state index contributed by atoms with van der Waals surface area (Å²) in [4.78, 5) is 0.225. The van der Waals surface area contributed by atoms with Gasteiger partial charge in [-0.2, -0.15) is 4.31 Å². The Bertz CT molecular complexity index is 617. The number of ether oxygens (including phenoxy) is 2. The average molecular weight is 298 g/mol. The van der Waals surface area contributed by atoms with Crippen LogP contribution in [0.1, 0.15) is 13.3 Å². The SMILES string of the molecule is CC1C(N)CCN1S(=O)(=O)c1ccc2c(c1)OCCO2. The molecular formula is C13H18N2O4S. The molecule has 110 valence electrons. The highest BCUT2D eigenvalue weighted by molar-refractivity contribution is 7.89. The van der Waals surface area contributed by atoms with Crippen molar-refractivity contribution in [2.75, 3.05) is 19.8 Å². The fraction of sp³-hybridized carbons (Fsp3) is 0.538. The van der Waals surface area contributed by atoms with Gasteiger partial charge >= 0.3 is 0 Å². The van der Waals surface area contributed by atoms with Gasteiger partial charge in [0.1, 0.15) is 13.2 Å². The van der Waals surface area contributed by atoms with E-state index < -0.39 is 10.0 Å². The van der Waals surface area contributed by atoms with Gasteiger partial charge in [0.2, 0.25) is 10.0 Å². The zero-order valence-corrected chi connectivity index (χ0v) is 12.1. The molecule has 2 aliphatic rings. The molecule has 7 heteroatoms. The van der Waals surface area contributed by atoms with Crippen LogP contribution in [0, 0.1) is 0 Å². The Morgan fingerprint density at radius 2 is 1.95 bits per heavy atom. The Hall–Kier alpha value is -1.31. The van der Waals surface area contributed by atoms with Crippen LogP contribution in [0.15, 0.2) is 23.1 Å². The van der Waals surface area contributed by atoms with Crippen molar-refractivity contribution < 1.29 is 17.9 Å². The van der Waals surface area contributed by atoms with Crippen LogP contribution in [0.2, 0.25) is 0 Å². The maximum Gasteiger partial charge on any atom is 0.243 e. The van der Waals surface area contributed by atoms with Crippen molar-refractivity contribution >= 4 is 10.0 Å². The normalized spacial score (nSPS) is 26.7. The predicted octanol–water partition coefficient (Wildman–Crippen LogP) is 0.568. The van der Waals surface area contributed by atoms with E-state index in [0.717, 1.165) is 0 Å². The monoisotopic (exact) mass is 298 g/mol. The Labute approximate surface area is 118 Å². The molecule has 1 aromatic carbocycles. The number of fused-ring (bicyclic) bond motifs is 1. The third kappa shape index (κ3) is 2.15.